The number of morpholine rings is 1. The van der Waals surface area contributed by atoms with E-state index in [1.807, 2.05) is 0 Å². The van der Waals surface area contributed by atoms with Crippen molar-refractivity contribution in [2.75, 3.05) is 26.3 Å². The molecule has 2 fully saturated rings. The van der Waals surface area contributed by atoms with Crippen LogP contribution in [0.5, 0.6) is 0 Å². The smallest absolute Gasteiger partial charge is 0.0635 e. The van der Waals surface area contributed by atoms with Crippen LogP contribution in [0, 0.1) is 0 Å². The molecule has 0 radical (unpaired) electrons. The predicted octanol–water partition coefficient (Wildman–Crippen LogP) is 0.859. The van der Waals surface area contributed by atoms with E-state index in [4.69, 9.17) is 4.74 Å². The molecule has 0 aliphatic carbocycles. The van der Waals surface area contributed by atoms with E-state index >= 15 is 0 Å². The first-order valence-electron chi connectivity index (χ1n) is 6.01. The average Bonchev–Trinajstić information content (AvgIpc) is 2.30. The van der Waals surface area contributed by atoms with Gasteiger partial charge in [-0.15, -0.1) is 0 Å². The van der Waals surface area contributed by atoms with Gasteiger partial charge in [0.1, 0.15) is 0 Å². The van der Waals surface area contributed by atoms with Gasteiger partial charge >= 0.3 is 0 Å². The van der Waals surface area contributed by atoms with E-state index in [2.05, 4.69) is 40.5 Å². The summed E-state index contributed by atoms with van der Waals surface area (Å²) in [5.74, 6) is 0. The summed E-state index contributed by atoms with van der Waals surface area (Å²) in [4.78, 5) is 2.59. The van der Waals surface area contributed by atoms with Gasteiger partial charge in [-0.25, -0.2) is 0 Å². The summed E-state index contributed by atoms with van der Waals surface area (Å²) in [7, 11) is 0. The van der Waals surface area contributed by atoms with Crippen LogP contribution in [-0.4, -0.2) is 43.3 Å². The van der Waals surface area contributed by atoms with Gasteiger partial charge in [-0.3, -0.25) is 4.90 Å². The minimum Gasteiger partial charge on any atom is -0.378 e. The molecule has 1 aromatic rings. The average molecular weight is 218 g/mol. The molecular formula is C13H18N2O. The monoisotopic (exact) mass is 218 g/mol. The highest BCUT2D eigenvalue weighted by molar-refractivity contribution is 5.15. The Morgan fingerprint density at radius 2 is 1.81 bits per heavy atom. The molecule has 3 nitrogen and oxygen atoms in total. The van der Waals surface area contributed by atoms with Gasteiger partial charge in [0.15, 0.2) is 0 Å². The second-order valence-corrected chi connectivity index (χ2v) is 4.66. The molecule has 2 bridgehead atoms. The highest BCUT2D eigenvalue weighted by atomic mass is 16.5. The first-order chi connectivity index (χ1) is 7.93. The minimum atomic E-state index is 0.549. The third-order valence-electron chi connectivity index (χ3n) is 3.53. The fourth-order valence-electron chi connectivity index (χ4n) is 2.65. The molecule has 2 aliphatic rings. The second-order valence-electron chi connectivity index (χ2n) is 4.66. The van der Waals surface area contributed by atoms with Crippen LogP contribution in [0.2, 0.25) is 0 Å². The van der Waals surface area contributed by atoms with E-state index in [0.29, 0.717) is 12.1 Å². The van der Waals surface area contributed by atoms with Crippen molar-refractivity contribution in [2.45, 2.75) is 18.6 Å². The summed E-state index contributed by atoms with van der Waals surface area (Å²) in [6.45, 7) is 4.92. The van der Waals surface area contributed by atoms with E-state index in [9.17, 15) is 0 Å². The van der Waals surface area contributed by atoms with Gasteiger partial charge in [0, 0.05) is 31.7 Å². The quantitative estimate of drug-likeness (QED) is 0.797. The highest BCUT2D eigenvalue weighted by Crippen LogP contribution is 2.19. The molecule has 2 heterocycles. The van der Waals surface area contributed by atoms with Crippen LogP contribution < -0.4 is 5.32 Å². The Morgan fingerprint density at radius 1 is 1.12 bits per heavy atom. The number of benzene rings is 1. The maximum atomic E-state index is 5.62. The molecule has 0 unspecified atom stereocenters. The fraction of sp³-hybridized carbons (Fsp3) is 0.538. The molecule has 3 heteroatoms. The summed E-state index contributed by atoms with van der Waals surface area (Å²) in [6, 6.07) is 11.8. The Labute approximate surface area is 96.4 Å². The number of rotatable bonds is 2. The van der Waals surface area contributed by atoms with E-state index in [-0.39, 0.29) is 0 Å². The summed E-state index contributed by atoms with van der Waals surface area (Å²) < 4.78 is 5.62. The lowest BCUT2D eigenvalue weighted by atomic mass is 10.0. The van der Waals surface area contributed by atoms with E-state index < -0.39 is 0 Å². The molecule has 16 heavy (non-hydrogen) atoms. The van der Waals surface area contributed by atoms with Crippen molar-refractivity contribution in [1.29, 1.82) is 0 Å². The standard InChI is InChI=1S/C13H18N2O/c1-2-4-11(5-3-1)8-15-12-6-14-7-13(15)10-16-9-12/h1-5,12-14H,6-10H2/t12-,13+. The van der Waals surface area contributed by atoms with Gasteiger partial charge in [0.05, 0.1) is 13.2 Å². The van der Waals surface area contributed by atoms with Crippen molar-refractivity contribution < 1.29 is 4.74 Å². The van der Waals surface area contributed by atoms with Crippen LogP contribution in [0.4, 0.5) is 0 Å². The molecule has 0 spiro atoms. The number of hydrogen-bond acceptors (Lipinski definition) is 3. The van der Waals surface area contributed by atoms with Gasteiger partial charge in [-0.1, -0.05) is 30.3 Å². The third-order valence-corrected chi connectivity index (χ3v) is 3.53. The topological polar surface area (TPSA) is 24.5 Å². The molecule has 0 saturated carbocycles. The lowest BCUT2D eigenvalue weighted by molar-refractivity contribution is -0.0689. The van der Waals surface area contributed by atoms with Crippen molar-refractivity contribution in [3.8, 4) is 0 Å². The van der Waals surface area contributed by atoms with E-state index in [1.54, 1.807) is 0 Å². The third kappa shape index (κ3) is 1.98. The maximum absolute atomic E-state index is 5.62. The van der Waals surface area contributed by atoms with Gasteiger partial charge in [0.2, 0.25) is 0 Å². The Hall–Kier alpha value is -0.900. The maximum Gasteiger partial charge on any atom is 0.0635 e. The van der Waals surface area contributed by atoms with Gasteiger partial charge < -0.3 is 10.1 Å². The molecule has 3 rings (SSSR count). The number of ether oxygens (including phenoxy) is 1. The number of nitrogens with zero attached hydrogens (tertiary/aromatic N) is 1. The van der Waals surface area contributed by atoms with Crippen LogP contribution in [0.1, 0.15) is 5.56 Å². The first kappa shape index (κ1) is 10.3. The zero-order chi connectivity index (χ0) is 10.8. The van der Waals surface area contributed by atoms with Crippen LogP contribution in [0.3, 0.4) is 0 Å². The summed E-state index contributed by atoms with van der Waals surface area (Å²) in [5, 5.41) is 3.48. The molecule has 2 saturated heterocycles. The molecule has 0 aromatic heterocycles. The number of hydrogen-bond donors (Lipinski definition) is 1. The molecule has 86 valence electrons. The van der Waals surface area contributed by atoms with Crippen LogP contribution in [0.25, 0.3) is 0 Å². The zero-order valence-corrected chi connectivity index (χ0v) is 9.43. The Kier molecular flexibility index (Phi) is 2.91. The van der Waals surface area contributed by atoms with Crippen molar-refractivity contribution in [3.05, 3.63) is 35.9 Å². The lowest BCUT2D eigenvalue weighted by Crippen LogP contribution is -2.63. The van der Waals surface area contributed by atoms with Gasteiger partial charge in [-0.2, -0.15) is 0 Å². The molecule has 1 aromatic carbocycles. The SMILES string of the molecule is c1ccc(CN2[C@@H]3CNC[C@H]2COC3)cc1. The van der Waals surface area contributed by atoms with Crippen molar-refractivity contribution >= 4 is 0 Å². The molecule has 1 N–H and O–H groups in total. The number of nitrogens with one attached hydrogen (secondary N) is 1. The summed E-state index contributed by atoms with van der Waals surface area (Å²) in [6.07, 6.45) is 0. The fourth-order valence-corrected chi connectivity index (χ4v) is 2.65. The van der Waals surface area contributed by atoms with Gasteiger partial charge in [0.25, 0.3) is 0 Å². The summed E-state index contributed by atoms with van der Waals surface area (Å²) >= 11 is 0. The van der Waals surface area contributed by atoms with Crippen LogP contribution in [-0.2, 0) is 11.3 Å². The number of piperazine rings is 1. The van der Waals surface area contributed by atoms with Crippen LogP contribution >= 0.6 is 0 Å². The van der Waals surface area contributed by atoms with E-state index in [0.717, 1.165) is 32.8 Å². The number of fused-ring (bicyclic) bond motifs is 2. The highest BCUT2D eigenvalue weighted by Gasteiger charge is 2.34. The van der Waals surface area contributed by atoms with Crippen molar-refractivity contribution in [3.63, 3.8) is 0 Å². The lowest BCUT2D eigenvalue weighted by Gasteiger charge is -2.46. The summed E-state index contributed by atoms with van der Waals surface area (Å²) in [5.41, 5.74) is 1.40. The van der Waals surface area contributed by atoms with Gasteiger partial charge in [-0.05, 0) is 5.56 Å². The predicted molar refractivity (Wildman–Crippen MR) is 63.2 cm³/mol. The normalized spacial score (nSPS) is 30.2. The largest absolute Gasteiger partial charge is 0.378 e. The first-order valence-corrected chi connectivity index (χ1v) is 6.01. The van der Waals surface area contributed by atoms with E-state index in [1.165, 1.54) is 5.56 Å². The second kappa shape index (κ2) is 4.53. The molecule has 2 atom stereocenters. The molecule has 2 aliphatic heterocycles. The van der Waals surface area contributed by atoms with Crippen molar-refractivity contribution in [1.82, 2.24) is 10.2 Å². The van der Waals surface area contributed by atoms with Crippen LogP contribution in [0.15, 0.2) is 30.3 Å². The molecule has 0 amide bonds. The Balaban J connectivity index is 1.74. The Morgan fingerprint density at radius 3 is 2.50 bits per heavy atom. The zero-order valence-electron chi connectivity index (χ0n) is 9.43. The van der Waals surface area contributed by atoms with Crippen molar-refractivity contribution in [2.24, 2.45) is 0 Å². The molecular weight excluding hydrogens is 200 g/mol. The Bertz CT molecular complexity index is 319. The minimum absolute atomic E-state index is 0.549.